The normalized spacial score (nSPS) is 25.1. The van der Waals surface area contributed by atoms with E-state index in [1.165, 1.54) is 13.4 Å². The Morgan fingerprint density at radius 1 is 1.50 bits per heavy atom. The average Bonchev–Trinajstić information content (AvgIpc) is 2.85. The molecule has 2 aromatic rings. The third kappa shape index (κ3) is 1.92. The molecule has 9 heteroatoms. The Morgan fingerprint density at radius 2 is 2.25 bits per heavy atom. The largest absolute Gasteiger partial charge is 0.479 e. The van der Waals surface area contributed by atoms with Crippen LogP contribution in [0.3, 0.4) is 0 Å². The van der Waals surface area contributed by atoms with E-state index in [2.05, 4.69) is 15.0 Å². The molecule has 0 aromatic carbocycles. The van der Waals surface area contributed by atoms with Gasteiger partial charge in [-0.2, -0.15) is 4.98 Å². The van der Waals surface area contributed by atoms with Gasteiger partial charge < -0.3 is 9.72 Å². The molecule has 3 rings (SSSR count). The Morgan fingerprint density at radius 3 is 2.85 bits per heavy atom. The summed E-state index contributed by atoms with van der Waals surface area (Å²) < 4.78 is 31.0. The van der Waals surface area contributed by atoms with Crippen LogP contribution in [0.25, 0.3) is 11.2 Å². The third-order valence-electron chi connectivity index (χ3n) is 3.66. The number of nitrogens with zero attached hydrogens (tertiary/aromatic N) is 3. The SMILES string of the molecule is COc1ncnc2c1[nH]c(=S)n2C1(C)CCS(=O)(=O)C1. The van der Waals surface area contributed by atoms with Crippen molar-refractivity contribution in [2.75, 3.05) is 18.6 Å². The molecule has 1 unspecified atom stereocenters. The number of imidazole rings is 1. The van der Waals surface area contributed by atoms with Gasteiger partial charge in [0.25, 0.3) is 0 Å². The summed E-state index contributed by atoms with van der Waals surface area (Å²) in [6, 6.07) is 0. The first-order valence-electron chi connectivity index (χ1n) is 6.07. The molecule has 1 N–H and O–H groups in total. The van der Waals surface area contributed by atoms with Crippen LogP contribution < -0.4 is 4.74 Å². The molecule has 1 aliphatic heterocycles. The lowest BCUT2D eigenvalue weighted by Gasteiger charge is -2.24. The Labute approximate surface area is 120 Å². The summed E-state index contributed by atoms with van der Waals surface area (Å²) in [5.41, 5.74) is 0.569. The van der Waals surface area contributed by atoms with E-state index in [1.807, 2.05) is 6.92 Å². The van der Waals surface area contributed by atoms with Crippen molar-refractivity contribution in [3.05, 3.63) is 11.1 Å². The molecular weight excluding hydrogens is 300 g/mol. The van der Waals surface area contributed by atoms with Gasteiger partial charge in [-0.15, -0.1) is 0 Å². The van der Waals surface area contributed by atoms with Gasteiger partial charge in [-0.25, -0.2) is 13.4 Å². The number of hydrogen-bond donors (Lipinski definition) is 1. The number of nitrogens with one attached hydrogen (secondary N) is 1. The van der Waals surface area contributed by atoms with Crippen LogP contribution in [-0.2, 0) is 15.4 Å². The van der Waals surface area contributed by atoms with Crippen LogP contribution in [0, 0.1) is 4.77 Å². The smallest absolute Gasteiger partial charge is 0.242 e. The minimum absolute atomic E-state index is 0.0631. The average molecular weight is 314 g/mol. The number of methoxy groups -OCH3 is 1. The summed E-state index contributed by atoms with van der Waals surface area (Å²) in [4.78, 5) is 11.3. The van der Waals surface area contributed by atoms with E-state index in [-0.39, 0.29) is 11.5 Å². The third-order valence-corrected chi connectivity index (χ3v) is 5.83. The minimum Gasteiger partial charge on any atom is -0.479 e. The first kappa shape index (κ1) is 13.5. The summed E-state index contributed by atoms with van der Waals surface area (Å²) in [7, 11) is -1.53. The van der Waals surface area contributed by atoms with Crippen LogP contribution in [-0.4, -0.2) is 46.6 Å². The summed E-state index contributed by atoms with van der Waals surface area (Å²) in [6.45, 7) is 1.88. The zero-order valence-electron chi connectivity index (χ0n) is 11.1. The van der Waals surface area contributed by atoms with Crippen molar-refractivity contribution in [2.24, 2.45) is 0 Å². The molecular formula is C11H14N4O3S2. The van der Waals surface area contributed by atoms with E-state index in [0.717, 1.165) is 0 Å². The van der Waals surface area contributed by atoms with Gasteiger partial charge in [0.1, 0.15) is 11.8 Å². The molecule has 0 saturated carbocycles. The number of aromatic nitrogens is 4. The van der Waals surface area contributed by atoms with Gasteiger partial charge in [-0.3, -0.25) is 4.57 Å². The lowest BCUT2D eigenvalue weighted by molar-refractivity contribution is 0.369. The predicted octanol–water partition coefficient (Wildman–Crippen LogP) is 1.03. The van der Waals surface area contributed by atoms with Gasteiger partial charge in [0, 0.05) is 0 Å². The number of hydrogen-bond acceptors (Lipinski definition) is 6. The van der Waals surface area contributed by atoms with Gasteiger partial charge >= 0.3 is 0 Å². The second kappa shape index (κ2) is 4.26. The fraction of sp³-hybridized carbons (Fsp3) is 0.545. The quantitative estimate of drug-likeness (QED) is 0.833. The van der Waals surface area contributed by atoms with Crippen LogP contribution in [0.2, 0.25) is 0 Å². The van der Waals surface area contributed by atoms with E-state index >= 15 is 0 Å². The number of H-pyrrole nitrogens is 1. The number of aromatic amines is 1. The van der Waals surface area contributed by atoms with E-state index in [1.54, 1.807) is 4.57 Å². The van der Waals surface area contributed by atoms with Crippen molar-refractivity contribution in [2.45, 2.75) is 18.9 Å². The van der Waals surface area contributed by atoms with Crippen LogP contribution in [0.4, 0.5) is 0 Å². The number of sulfone groups is 1. The molecule has 0 bridgehead atoms. The van der Waals surface area contributed by atoms with E-state index in [0.29, 0.717) is 28.2 Å². The maximum atomic E-state index is 11.8. The molecule has 7 nitrogen and oxygen atoms in total. The Kier molecular flexibility index (Phi) is 2.87. The fourth-order valence-corrected chi connectivity index (χ4v) is 5.25. The van der Waals surface area contributed by atoms with Crippen molar-refractivity contribution in [1.29, 1.82) is 0 Å². The molecule has 108 valence electrons. The first-order chi connectivity index (χ1) is 9.36. The molecule has 1 aliphatic rings. The minimum atomic E-state index is -3.04. The maximum Gasteiger partial charge on any atom is 0.242 e. The number of rotatable bonds is 2. The van der Waals surface area contributed by atoms with Crippen molar-refractivity contribution in [3.8, 4) is 5.88 Å². The fourth-order valence-electron chi connectivity index (χ4n) is 2.72. The van der Waals surface area contributed by atoms with Crippen molar-refractivity contribution in [3.63, 3.8) is 0 Å². The highest BCUT2D eigenvalue weighted by molar-refractivity contribution is 7.91. The topological polar surface area (TPSA) is 89.9 Å². The molecule has 0 amide bonds. The van der Waals surface area contributed by atoms with Crippen LogP contribution in [0.1, 0.15) is 13.3 Å². The second-order valence-corrected chi connectivity index (χ2v) is 7.76. The zero-order chi connectivity index (χ0) is 14.5. The van der Waals surface area contributed by atoms with Crippen LogP contribution >= 0.6 is 12.2 Å². The predicted molar refractivity (Wildman–Crippen MR) is 76.2 cm³/mol. The Balaban J connectivity index is 2.28. The Bertz CT molecular complexity index is 839. The molecule has 3 heterocycles. The molecule has 0 radical (unpaired) electrons. The van der Waals surface area contributed by atoms with Gasteiger partial charge in [-0.05, 0) is 25.6 Å². The maximum absolute atomic E-state index is 11.8. The molecule has 20 heavy (non-hydrogen) atoms. The number of ether oxygens (including phenoxy) is 1. The lowest BCUT2D eigenvalue weighted by atomic mass is 10.0. The lowest BCUT2D eigenvalue weighted by Crippen LogP contribution is -2.31. The molecule has 1 fully saturated rings. The van der Waals surface area contributed by atoms with Gasteiger partial charge in [0.05, 0.1) is 24.2 Å². The summed E-state index contributed by atoms with van der Waals surface area (Å²) in [5, 5.41) is 0. The first-order valence-corrected chi connectivity index (χ1v) is 8.30. The van der Waals surface area contributed by atoms with Gasteiger partial charge in [0.15, 0.2) is 20.3 Å². The van der Waals surface area contributed by atoms with Crippen molar-refractivity contribution >= 4 is 33.2 Å². The standard InChI is InChI=1S/C11H14N4O3S2/c1-11(3-4-20(16,17)5-11)15-8-7(14-10(15)19)9(18-2)13-6-12-8/h6H,3-5H2,1-2H3,(H,14,19). The van der Waals surface area contributed by atoms with Crippen LogP contribution in [0.5, 0.6) is 5.88 Å². The van der Waals surface area contributed by atoms with Gasteiger partial charge in [-0.1, -0.05) is 0 Å². The van der Waals surface area contributed by atoms with Crippen molar-refractivity contribution < 1.29 is 13.2 Å². The van der Waals surface area contributed by atoms with Gasteiger partial charge in [0.2, 0.25) is 5.88 Å². The van der Waals surface area contributed by atoms with E-state index in [4.69, 9.17) is 17.0 Å². The molecule has 0 aliphatic carbocycles. The molecule has 2 aromatic heterocycles. The monoisotopic (exact) mass is 314 g/mol. The van der Waals surface area contributed by atoms with Crippen molar-refractivity contribution in [1.82, 2.24) is 19.5 Å². The molecule has 1 atom stereocenters. The Hall–Kier alpha value is -1.48. The highest BCUT2D eigenvalue weighted by atomic mass is 32.2. The number of fused-ring (bicyclic) bond motifs is 1. The molecule has 0 spiro atoms. The van der Waals surface area contributed by atoms with E-state index in [9.17, 15) is 8.42 Å². The summed E-state index contributed by atoms with van der Waals surface area (Å²) >= 11 is 5.33. The van der Waals surface area contributed by atoms with Crippen LogP contribution in [0.15, 0.2) is 6.33 Å². The summed E-state index contributed by atoms with van der Waals surface area (Å²) in [5.74, 6) is 0.623. The highest BCUT2D eigenvalue weighted by Gasteiger charge is 2.41. The molecule has 1 saturated heterocycles. The zero-order valence-corrected chi connectivity index (χ0v) is 12.7. The highest BCUT2D eigenvalue weighted by Crippen LogP contribution is 2.34. The van der Waals surface area contributed by atoms with E-state index < -0.39 is 15.4 Å². The summed E-state index contributed by atoms with van der Waals surface area (Å²) in [6.07, 6.45) is 1.90. The second-order valence-electron chi connectivity index (χ2n) is 5.19.